The molecule has 138 valence electrons. The van der Waals surface area contributed by atoms with Crippen LogP contribution in [0, 0.1) is 5.92 Å². The zero-order valence-electron chi connectivity index (χ0n) is 15.1. The van der Waals surface area contributed by atoms with Gasteiger partial charge in [0.1, 0.15) is 11.8 Å². The fourth-order valence-corrected chi connectivity index (χ4v) is 3.99. The molecule has 1 N–H and O–H groups in total. The Balaban J connectivity index is 1.58. The van der Waals surface area contributed by atoms with E-state index in [-0.39, 0.29) is 18.4 Å². The maximum atomic E-state index is 12.5. The van der Waals surface area contributed by atoms with Crippen molar-refractivity contribution in [1.82, 2.24) is 10.2 Å². The van der Waals surface area contributed by atoms with E-state index in [0.717, 1.165) is 10.8 Å². The minimum Gasteiger partial charge on any atom is -0.484 e. The van der Waals surface area contributed by atoms with Crippen LogP contribution in [0.1, 0.15) is 13.8 Å². The van der Waals surface area contributed by atoms with Gasteiger partial charge < -0.3 is 15.0 Å². The second-order valence-electron chi connectivity index (χ2n) is 6.82. The van der Waals surface area contributed by atoms with Crippen LogP contribution in [0.5, 0.6) is 5.75 Å². The lowest BCUT2D eigenvalue weighted by atomic mass is 10.1. The number of carbonyl (C=O) groups excluding carboxylic acids is 2. The van der Waals surface area contributed by atoms with Gasteiger partial charge >= 0.3 is 0 Å². The number of rotatable bonds is 6. The molecule has 1 saturated heterocycles. The molecule has 1 aliphatic heterocycles. The summed E-state index contributed by atoms with van der Waals surface area (Å²) in [6, 6.07) is 13.4. The van der Waals surface area contributed by atoms with Crippen molar-refractivity contribution in [2.24, 2.45) is 5.92 Å². The van der Waals surface area contributed by atoms with E-state index < -0.39 is 6.04 Å². The van der Waals surface area contributed by atoms with E-state index in [4.69, 9.17) is 4.74 Å². The molecule has 6 heteroatoms. The van der Waals surface area contributed by atoms with E-state index in [2.05, 4.69) is 5.32 Å². The highest BCUT2D eigenvalue weighted by atomic mass is 32.2. The van der Waals surface area contributed by atoms with E-state index in [1.807, 2.05) is 56.3 Å². The summed E-state index contributed by atoms with van der Waals surface area (Å²) >= 11 is 1.59. The van der Waals surface area contributed by atoms with Crippen molar-refractivity contribution in [3.8, 4) is 5.75 Å². The Morgan fingerprint density at radius 1 is 1.23 bits per heavy atom. The first-order valence-corrected chi connectivity index (χ1v) is 9.96. The molecule has 26 heavy (non-hydrogen) atoms. The van der Waals surface area contributed by atoms with Crippen molar-refractivity contribution in [1.29, 1.82) is 0 Å². The standard InChI is InChI=1S/C20H24N2O3S/c1-14(2)10-21-20(24)18-12-26-13-22(18)19(23)11-25-17-8-7-15-5-3-4-6-16(15)9-17/h3-9,14,18H,10-13H2,1-2H3,(H,21,24). The number of nitrogens with zero attached hydrogens (tertiary/aromatic N) is 1. The van der Waals surface area contributed by atoms with E-state index in [1.165, 1.54) is 0 Å². The zero-order valence-corrected chi connectivity index (χ0v) is 15.9. The molecule has 0 spiro atoms. The van der Waals surface area contributed by atoms with Crippen molar-refractivity contribution in [3.05, 3.63) is 42.5 Å². The molecule has 2 aromatic rings. The first-order valence-electron chi connectivity index (χ1n) is 8.81. The van der Waals surface area contributed by atoms with Crippen LogP contribution in [0.4, 0.5) is 0 Å². The van der Waals surface area contributed by atoms with Gasteiger partial charge in [0.2, 0.25) is 5.91 Å². The van der Waals surface area contributed by atoms with Crippen LogP contribution in [-0.4, -0.2) is 47.5 Å². The van der Waals surface area contributed by atoms with Gasteiger partial charge in [-0.2, -0.15) is 0 Å². The van der Waals surface area contributed by atoms with Crippen LogP contribution in [0.15, 0.2) is 42.5 Å². The Morgan fingerprint density at radius 2 is 2.00 bits per heavy atom. The number of hydrogen-bond acceptors (Lipinski definition) is 4. The molecule has 2 amide bonds. The lowest BCUT2D eigenvalue weighted by Crippen LogP contribution is -2.49. The van der Waals surface area contributed by atoms with Crippen LogP contribution in [0.3, 0.4) is 0 Å². The lowest BCUT2D eigenvalue weighted by Gasteiger charge is -2.23. The van der Waals surface area contributed by atoms with E-state index in [1.54, 1.807) is 16.7 Å². The van der Waals surface area contributed by atoms with Gasteiger partial charge in [0.25, 0.3) is 5.91 Å². The quantitative estimate of drug-likeness (QED) is 0.847. The SMILES string of the molecule is CC(C)CNC(=O)C1CSCN1C(=O)COc1ccc2ccccc2c1. The number of benzene rings is 2. The fourth-order valence-electron chi connectivity index (χ4n) is 2.81. The number of thioether (sulfide) groups is 1. The number of hydrogen-bond donors (Lipinski definition) is 1. The van der Waals surface area contributed by atoms with E-state index in [9.17, 15) is 9.59 Å². The van der Waals surface area contributed by atoms with Gasteiger partial charge in [0.15, 0.2) is 6.61 Å². The minimum absolute atomic E-state index is 0.0626. The summed E-state index contributed by atoms with van der Waals surface area (Å²) in [7, 11) is 0. The molecule has 0 radical (unpaired) electrons. The third kappa shape index (κ3) is 4.49. The number of fused-ring (bicyclic) bond motifs is 1. The molecule has 1 heterocycles. The van der Waals surface area contributed by atoms with Gasteiger partial charge in [-0.3, -0.25) is 9.59 Å². The molecule has 1 fully saturated rings. The summed E-state index contributed by atoms with van der Waals surface area (Å²) in [5, 5.41) is 5.11. The van der Waals surface area contributed by atoms with Crippen LogP contribution >= 0.6 is 11.8 Å². The average Bonchev–Trinajstić information content (AvgIpc) is 3.14. The van der Waals surface area contributed by atoms with Crippen LogP contribution in [0.2, 0.25) is 0 Å². The van der Waals surface area contributed by atoms with Gasteiger partial charge in [0, 0.05) is 12.3 Å². The summed E-state index contributed by atoms with van der Waals surface area (Å²) in [5.41, 5.74) is 0. The molecule has 0 bridgehead atoms. The number of amides is 2. The van der Waals surface area contributed by atoms with Crippen LogP contribution in [0.25, 0.3) is 10.8 Å². The number of nitrogens with one attached hydrogen (secondary N) is 1. The molecule has 2 aromatic carbocycles. The molecule has 1 atom stereocenters. The number of carbonyl (C=O) groups is 2. The largest absolute Gasteiger partial charge is 0.484 e. The molecule has 0 saturated carbocycles. The highest BCUT2D eigenvalue weighted by Gasteiger charge is 2.34. The van der Waals surface area contributed by atoms with Crippen LogP contribution in [-0.2, 0) is 9.59 Å². The Labute approximate surface area is 158 Å². The smallest absolute Gasteiger partial charge is 0.261 e. The summed E-state index contributed by atoms with van der Waals surface area (Å²) < 4.78 is 5.68. The number of ether oxygens (including phenoxy) is 1. The summed E-state index contributed by atoms with van der Waals surface area (Å²) in [5.74, 6) is 1.96. The van der Waals surface area contributed by atoms with Gasteiger partial charge in [-0.1, -0.05) is 44.2 Å². The minimum atomic E-state index is -0.411. The third-order valence-electron chi connectivity index (χ3n) is 4.27. The first-order chi connectivity index (χ1) is 12.5. The molecule has 1 unspecified atom stereocenters. The Hall–Kier alpha value is -2.21. The third-order valence-corrected chi connectivity index (χ3v) is 5.29. The zero-order chi connectivity index (χ0) is 18.5. The predicted octanol–water partition coefficient (Wildman–Crippen LogP) is 2.89. The van der Waals surface area contributed by atoms with Crippen molar-refractivity contribution >= 4 is 34.3 Å². The van der Waals surface area contributed by atoms with Crippen molar-refractivity contribution < 1.29 is 14.3 Å². The topological polar surface area (TPSA) is 58.6 Å². The highest BCUT2D eigenvalue weighted by molar-refractivity contribution is 7.99. The van der Waals surface area contributed by atoms with Gasteiger partial charge in [-0.15, -0.1) is 11.8 Å². The molecular weight excluding hydrogens is 348 g/mol. The maximum absolute atomic E-state index is 12.5. The maximum Gasteiger partial charge on any atom is 0.261 e. The average molecular weight is 372 g/mol. The molecule has 0 aromatic heterocycles. The molecule has 3 rings (SSSR count). The van der Waals surface area contributed by atoms with Crippen molar-refractivity contribution in [2.45, 2.75) is 19.9 Å². The molecule has 1 aliphatic rings. The van der Waals surface area contributed by atoms with Crippen molar-refractivity contribution in [3.63, 3.8) is 0 Å². The van der Waals surface area contributed by atoms with Gasteiger partial charge in [-0.25, -0.2) is 0 Å². The van der Waals surface area contributed by atoms with Gasteiger partial charge in [-0.05, 0) is 28.8 Å². The first kappa shape index (κ1) is 18.6. The molecule has 0 aliphatic carbocycles. The summed E-state index contributed by atoms with van der Waals surface area (Å²) in [6.45, 7) is 4.65. The fraction of sp³-hybridized carbons (Fsp3) is 0.400. The molecule has 5 nitrogen and oxygen atoms in total. The van der Waals surface area contributed by atoms with Crippen LogP contribution < -0.4 is 10.1 Å². The Bertz CT molecular complexity index is 793. The second kappa shape index (κ2) is 8.45. The Morgan fingerprint density at radius 3 is 2.77 bits per heavy atom. The monoisotopic (exact) mass is 372 g/mol. The van der Waals surface area contributed by atoms with E-state index >= 15 is 0 Å². The Kier molecular flexibility index (Phi) is 6.04. The van der Waals surface area contributed by atoms with Gasteiger partial charge in [0.05, 0.1) is 5.88 Å². The second-order valence-corrected chi connectivity index (χ2v) is 7.82. The summed E-state index contributed by atoms with van der Waals surface area (Å²) in [6.07, 6.45) is 0. The highest BCUT2D eigenvalue weighted by Crippen LogP contribution is 2.23. The normalized spacial score (nSPS) is 16.9. The lowest BCUT2D eigenvalue weighted by molar-refractivity contribution is -0.139. The predicted molar refractivity (Wildman–Crippen MR) is 105 cm³/mol. The summed E-state index contributed by atoms with van der Waals surface area (Å²) in [4.78, 5) is 26.5. The molecular formula is C20H24N2O3S. The van der Waals surface area contributed by atoms with Crippen molar-refractivity contribution in [2.75, 3.05) is 24.8 Å². The van der Waals surface area contributed by atoms with E-state index in [0.29, 0.717) is 29.8 Å².